The second-order valence-corrected chi connectivity index (χ2v) is 5.55. The van der Waals surface area contributed by atoms with Gasteiger partial charge in [-0.3, -0.25) is 10.1 Å². The number of aliphatic hydroxyl groups is 2. The fourth-order valence-corrected chi connectivity index (χ4v) is 2.87. The molecule has 0 radical (unpaired) electrons. The average molecular weight is 315 g/mol. The van der Waals surface area contributed by atoms with Crippen LogP contribution < -0.4 is 0 Å². The van der Waals surface area contributed by atoms with Gasteiger partial charge in [0.05, 0.1) is 29.3 Å². The zero-order chi connectivity index (χ0) is 16.4. The van der Waals surface area contributed by atoms with E-state index in [2.05, 4.69) is 0 Å². The minimum atomic E-state index is -0.766. The number of hydrogen-bond acceptors (Lipinski definition) is 5. The highest BCUT2D eigenvalue weighted by atomic mass is 16.6. The standard InChI is InChI=1S/C17H17NO5/c19-10-17-15(20)9-16(23-17)12-6-7-13(14(8-12)18(21)22)11-4-2-1-3-5-11/h1-8,15-17,19-20H,9-10H2/t15-,16+,17+/m0/s1. The lowest BCUT2D eigenvalue weighted by Gasteiger charge is -2.13. The summed E-state index contributed by atoms with van der Waals surface area (Å²) in [6.45, 7) is -0.276. The smallest absolute Gasteiger partial charge is 0.277 e. The Morgan fingerprint density at radius 3 is 2.57 bits per heavy atom. The molecule has 0 saturated carbocycles. The van der Waals surface area contributed by atoms with E-state index in [1.807, 2.05) is 30.3 Å². The van der Waals surface area contributed by atoms with E-state index in [-0.39, 0.29) is 12.3 Å². The molecule has 3 rings (SSSR count). The van der Waals surface area contributed by atoms with Gasteiger partial charge in [0.1, 0.15) is 6.10 Å². The zero-order valence-corrected chi connectivity index (χ0v) is 12.3. The Bertz CT molecular complexity index is 703. The van der Waals surface area contributed by atoms with Crippen molar-refractivity contribution in [3.63, 3.8) is 0 Å². The topological polar surface area (TPSA) is 92.8 Å². The summed E-state index contributed by atoms with van der Waals surface area (Å²) in [6, 6.07) is 14.1. The number of nitrogens with zero attached hydrogens (tertiary/aromatic N) is 1. The van der Waals surface area contributed by atoms with E-state index in [0.29, 0.717) is 17.5 Å². The maximum Gasteiger partial charge on any atom is 0.277 e. The van der Waals surface area contributed by atoms with Gasteiger partial charge in [0.15, 0.2) is 0 Å². The summed E-state index contributed by atoms with van der Waals surface area (Å²) in [5.41, 5.74) is 1.94. The summed E-state index contributed by atoms with van der Waals surface area (Å²) in [5.74, 6) is 0. The van der Waals surface area contributed by atoms with Crippen molar-refractivity contribution in [3.8, 4) is 11.1 Å². The molecule has 1 aliphatic rings. The molecule has 23 heavy (non-hydrogen) atoms. The highest BCUT2D eigenvalue weighted by Crippen LogP contribution is 2.37. The van der Waals surface area contributed by atoms with Crippen molar-refractivity contribution in [3.05, 3.63) is 64.2 Å². The van der Waals surface area contributed by atoms with Crippen molar-refractivity contribution in [1.29, 1.82) is 0 Å². The van der Waals surface area contributed by atoms with Crippen LogP contribution in [0.4, 0.5) is 5.69 Å². The predicted octanol–water partition coefficient (Wildman–Crippen LogP) is 2.45. The molecule has 0 bridgehead atoms. The van der Waals surface area contributed by atoms with Gasteiger partial charge in [0, 0.05) is 12.5 Å². The third-order valence-corrected chi connectivity index (χ3v) is 4.08. The van der Waals surface area contributed by atoms with Gasteiger partial charge >= 0.3 is 0 Å². The maximum absolute atomic E-state index is 11.4. The molecule has 1 fully saturated rings. The molecule has 2 aromatic rings. The first-order valence-corrected chi connectivity index (χ1v) is 7.38. The molecule has 6 heteroatoms. The van der Waals surface area contributed by atoms with E-state index in [1.165, 1.54) is 6.07 Å². The number of hydrogen-bond donors (Lipinski definition) is 2. The van der Waals surface area contributed by atoms with Crippen LogP contribution in [0.25, 0.3) is 11.1 Å². The van der Waals surface area contributed by atoms with Gasteiger partial charge in [-0.05, 0) is 17.2 Å². The van der Waals surface area contributed by atoms with Crippen molar-refractivity contribution < 1.29 is 19.9 Å². The Hall–Kier alpha value is -2.28. The first-order chi connectivity index (χ1) is 11.1. The number of nitro groups is 1. The molecule has 1 saturated heterocycles. The summed E-state index contributed by atoms with van der Waals surface area (Å²) < 4.78 is 5.57. The minimum Gasteiger partial charge on any atom is -0.394 e. The highest BCUT2D eigenvalue weighted by molar-refractivity contribution is 5.74. The minimum absolute atomic E-state index is 0.000705. The van der Waals surface area contributed by atoms with Crippen LogP contribution in [0.15, 0.2) is 48.5 Å². The van der Waals surface area contributed by atoms with Crippen molar-refractivity contribution in [2.45, 2.75) is 24.7 Å². The summed E-state index contributed by atoms with van der Waals surface area (Å²) in [5, 5.41) is 30.4. The van der Waals surface area contributed by atoms with Gasteiger partial charge < -0.3 is 14.9 Å². The molecule has 3 atom stereocenters. The maximum atomic E-state index is 11.4. The van der Waals surface area contributed by atoms with E-state index in [0.717, 1.165) is 5.56 Å². The molecule has 120 valence electrons. The van der Waals surface area contributed by atoms with Crippen molar-refractivity contribution >= 4 is 5.69 Å². The van der Waals surface area contributed by atoms with Crippen LogP contribution >= 0.6 is 0 Å². The number of benzene rings is 2. The van der Waals surface area contributed by atoms with Crippen molar-refractivity contribution in [1.82, 2.24) is 0 Å². The predicted molar refractivity (Wildman–Crippen MR) is 83.9 cm³/mol. The molecule has 1 heterocycles. The average Bonchev–Trinajstić information content (AvgIpc) is 2.96. The first-order valence-electron chi connectivity index (χ1n) is 7.38. The summed E-state index contributed by atoms with van der Waals surface area (Å²) in [4.78, 5) is 11.0. The fraction of sp³-hybridized carbons (Fsp3) is 0.294. The molecule has 0 spiro atoms. The Labute approximate surface area is 133 Å². The first kappa shape index (κ1) is 15.6. The van der Waals surface area contributed by atoms with Crippen LogP contribution in [0.5, 0.6) is 0 Å². The van der Waals surface area contributed by atoms with E-state index in [1.54, 1.807) is 12.1 Å². The second kappa shape index (κ2) is 6.45. The van der Waals surface area contributed by atoms with E-state index in [4.69, 9.17) is 9.84 Å². The van der Waals surface area contributed by atoms with Gasteiger partial charge in [-0.1, -0.05) is 36.4 Å². The molecule has 2 aromatic carbocycles. The summed E-state index contributed by atoms with van der Waals surface area (Å²) in [6.07, 6.45) is -1.55. The van der Waals surface area contributed by atoms with Crippen LogP contribution in [0.2, 0.25) is 0 Å². The third-order valence-electron chi connectivity index (χ3n) is 4.08. The molecule has 0 amide bonds. The van der Waals surface area contributed by atoms with Crippen LogP contribution in [0, 0.1) is 10.1 Å². The van der Waals surface area contributed by atoms with Crippen molar-refractivity contribution in [2.24, 2.45) is 0 Å². The van der Waals surface area contributed by atoms with Crippen LogP contribution in [0.3, 0.4) is 0 Å². The number of nitro benzene ring substituents is 1. The fourth-order valence-electron chi connectivity index (χ4n) is 2.87. The number of ether oxygens (including phenoxy) is 1. The molecule has 6 nitrogen and oxygen atoms in total. The quantitative estimate of drug-likeness (QED) is 0.668. The summed E-state index contributed by atoms with van der Waals surface area (Å²) >= 11 is 0. The number of rotatable bonds is 4. The van der Waals surface area contributed by atoms with Gasteiger partial charge in [-0.25, -0.2) is 0 Å². The van der Waals surface area contributed by atoms with Gasteiger partial charge in [0.25, 0.3) is 5.69 Å². The van der Waals surface area contributed by atoms with E-state index >= 15 is 0 Å². The lowest BCUT2D eigenvalue weighted by atomic mass is 9.98. The Kier molecular flexibility index (Phi) is 4.38. The SMILES string of the molecule is O=[N+]([O-])c1cc([C@H]2C[C@H](O)[C@@H](CO)O2)ccc1-c1ccccc1. The van der Waals surface area contributed by atoms with Gasteiger partial charge in [-0.15, -0.1) is 0 Å². The van der Waals surface area contributed by atoms with Gasteiger partial charge in [0.2, 0.25) is 0 Å². The second-order valence-electron chi connectivity index (χ2n) is 5.55. The molecular formula is C17H17NO5. The lowest BCUT2D eigenvalue weighted by Crippen LogP contribution is -2.24. The normalized spacial score (nSPS) is 23.8. The van der Waals surface area contributed by atoms with Crippen molar-refractivity contribution in [2.75, 3.05) is 6.61 Å². The molecule has 0 aromatic heterocycles. The Balaban J connectivity index is 1.96. The van der Waals surface area contributed by atoms with E-state index in [9.17, 15) is 15.2 Å². The molecule has 0 aliphatic carbocycles. The van der Waals surface area contributed by atoms with Crippen LogP contribution in [-0.2, 0) is 4.74 Å². The van der Waals surface area contributed by atoms with Crippen LogP contribution in [0.1, 0.15) is 18.1 Å². The highest BCUT2D eigenvalue weighted by Gasteiger charge is 2.35. The lowest BCUT2D eigenvalue weighted by molar-refractivity contribution is -0.384. The third kappa shape index (κ3) is 3.10. The van der Waals surface area contributed by atoms with E-state index < -0.39 is 23.2 Å². The largest absolute Gasteiger partial charge is 0.394 e. The Morgan fingerprint density at radius 2 is 1.96 bits per heavy atom. The summed E-state index contributed by atoms with van der Waals surface area (Å²) in [7, 11) is 0. The Morgan fingerprint density at radius 1 is 1.22 bits per heavy atom. The van der Waals surface area contributed by atoms with Gasteiger partial charge in [-0.2, -0.15) is 0 Å². The molecular weight excluding hydrogens is 298 g/mol. The number of aliphatic hydroxyl groups excluding tert-OH is 2. The zero-order valence-electron chi connectivity index (χ0n) is 12.3. The molecule has 0 unspecified atom stereocenters. The molecule has 2 N–H and O–H groups in total. The molecule has 1 aliphatic heterocycles. The monoisotopic (exact) mass is 315 g/mol. The van der Waals surface area contributed by atoms with Crippen LogP contribution in [-0.4, -0.2) is 34.0 Å².